The number of nitrogens with two attached hydrogens (primary N) is 1. The van der Waals surface area contributed by atoms with Gasteiger partial charge < -0.3 is 15.8 Å². The quantitative estimate of drug-likeness (QED) is 0.498. The van der Waals surface area contributed by atoms with Gasteiger partial charge in [-0.3, -0.25) is 9.20 Å². The van der Waals surface area contributed by atoms with E-state index >= 15 is 0 Å². The molecule has 0 aliphatic heterocycles. The minimum absolute atomic E-state index is 0.0990. The van der Waals surface area contributed by atoms with Gasteiger partial charge in [0.25, 0.3) is 5.91 Å². The smallest absolute Gasteiger partial charge is 0.283 e. The van der Waals surface area contributed by atoms with Crippen LogP contribution >= 0.6 is 0 Å². The summed E-state index contributed by atoms with van der Waals surface area (Å²) < 4.78 is 8.95. The third-order valence-corrected chi connectivity index (χ3v) is 4.73. The number of rotatable bonds is 6. The summed E-state index contributed by atoms with van der Waals surface area (Å²) in [7, 11) is 1.64. The van der Waals surface area contributed by atoms with Crippen molar-refractivity contribution < 1.29 is 14.1 Å². The van der Waals surface area contributed by atoms with Crippen molar-refractivity contribution in [3.05, 3.63) is 72.7 Å². The second-order valence-electron chi connectivity index (χ2n) is 6.77. The van der Waals surface area contributed by atoms with Crippen LogP contribution in [0.15, 0.2) is 67.1 Å². The Balaban J connectivity index is 1.86. The van der Waals surface area contributed by atoms with Gasteiger partial charge in [0, 0.05) is 11.3 Å². The highest BCUT2D eigenvalue weighted by Gasteiger charge is 2.18. The monoisotopic (exact) mass is 388 g/mol. The molecule has 0 saturated carbocycles. The Morgan fingerprint density at radius 1 is 1.21 bits per heavy atom. The first kappa shape index (κ1) is 18.5. The van der Waals surface area contributed by atoms with Crippen LogP contribution in [0.25, 0.3) is 16.9 Å². The lowest BCUT2D eigenvalue weighted by Gasteiger charge is -2.11. The van der Waals surface area contributed by atoms with E-state index in [0.29, 0.717) is 5.65 Å². The number of ether oxygens (including phenoxy) is 1. The zero-order valence-corrected chi connectivity index (χ0v) is 16.3. The molecule has 2 aromatic heterocycles. The Morgan fingerprint density at radius 2 is 1.97 bits per heavy atom. The molecule has 0 aliphatic rings. The number of aryl methyl sites for hydroxylation is 1. The van der Waals surface area contributed by atoms with Crippen molar-refractivity contribution in [3.8, 4) is 17.0 Å². The summed E-state index contributed by atoms with van der Waals surface area (Å²) in [5, 5.41) is 3.52. The van der Waals surface area contributed by atoms with Gasteiger partial charge in [0.05, 0.1) is 13.3 Å². The lowest BCUT2D eigenvalue weighted by atomic mass is 10.1. The number of imidazole rings is 1. The maximum absolute atomic E-state index is 11.3. The minimum atomic E-state index is -0.403. The standard InChI is InChI=1S/C22H21N5O2/c1-15-5-3-4-6-18(15)24-22-21(16-7-9-17(29-2)10-8-16)25-20-14-26(13-19(23)28)11-12-27(20)22/h3-12,14H,13H2,1-2H3,(H2,23,28)/p+1. The van der Waals surface area contributed by atoms with Gasteiger partial charge in [-0.05, 0) is 42.8 Å². The van der Waals surface area contributed by atoms with Crippen LogP contribution in [-0.4, -0.2) is 22.4 Å². The number of carbonyl (C=O) groups excluding carboxylic acids is 1. The summed E-state index contributed by atoms with van der Waals surface area (Å²) >= 11 is 0. The molecule has 0 aliphatic carbocycles. The van der Waals surface area contributed by atoms with E-state index in [1.165, 1.54) is 0 Å². The molecule has 2 aromatic carbocycles. The molecule has 1 amide bonds. The third kappa shape index (κ3) is 3.75. The molecule has 0 spiro atoms. The summed E-state index contributed by atoms with van der Waals surface area (Å²) in [6.45, 7) is 2.15. The summed E-state index contributed by atoms with van der Waals surface area (Å²) in [6, 6.07) is 15.8. The Labute approximate surface area is 168 Å². The molecule has 146 valence electrons. The van der Waals surface area contributed by atoms with E-state index in [1.807, 2.05) is 53.1 Å². The topological polar surface area (TPSA) is 85.5 Å². The number of hydrogen-bond donors (Lipinski definition) is 2. The van der Waals surface area contributed by atoms with Crippen LogP contribution in [0.3, 0.4) is 0 Å². The fourth-order valence-corrected chi connectivity index (χ4v) is 3.22. The molecule has 0 saturated heterocycles. The number of benzene rings is 2. The Morgan fingerprint density at radius 3 is 2.66 bits per heavy atom. The second kappa shape index (κ2) is 7.63. The molecule has 0 unspecified atom stereocenters. The molecule has 0 radical (unpaired) electrons. The average Bonchev–Trinajstić information content (AvgIpc) is 3.07. The fraction of sp³-hybridized carbons (Fsp3) is 0.136. The number of amides is 1. The number of para-hydroxylation sites is 1. The van der Waals surface area contributed by atoms with E-state index in [-0.39, 0.29) is 6.54 Å². The molecule has 3 N–H and O–H groups in total. The predicted octanol–water partition coefficient (Wildman–Crippen LogP) is 2.83. The zero-order valence-electron chi connectivity index (χ0n) is 16.3. The average molecular weight is 388 g/mol. The van der Waals surface area contributed by atoms with Gasteiger partial charge in [0.15, 0.2) is 6.20 Å². The lowest BCUT2D eigenvalue weighted by molar-refractivity contribution is -0.683. The van der Waals surface area contributed by atoms with Crippen molar-refractivity contribution in [1.82, 2.24) is 9.38 Å². The van der Waals surface area contributed by atoms with Crippen LogP contribution in [0.4, 0.5) is 11.5 Å². The maximum Gasteiger partial charge on any atom is 0.283 e. The first-order valence-corrected chi connectivity index (χ1v) is 9.21. The number of anilines is 2. The zero-order chi connectivity index (χ0) is 20.4. The van der Waals surface area contributed by atoms with Crippen molar-refractivity contribution in [2.45, 2.75) is 13.5 Å². The van der Waals surface area contributed by atoms with Gasteiger partial charge in [0.2, 0.25) is 18.4 Å². The minimum Gasteiger partial charge on any atom is -0.497 e. The first-order chi connectivity index (χ1) is 14.0. The highest BCUT2D eigenvalue weighted by atomic mass is 16.5. The summed E-state index contributed by atoms with van der Waals surface area (Å²) in [5.41, 5.74) is 9.91. The normalized spacial score (nSPS) is 10.8. The number of methoxy groups -OCH3 is 1. The maximum atomic E-state index is 11.3. The SMILES string of the molecule is COc1ccc(-c2nc3c[n+](CC(N)=O)ccn3c2Nc2ccccc2C)cc1. The number of fused-ring (bicyclic) bond motifs is 1. The van der Waals surface area contributed by atoms with Crippen molar-refractivity contribution >= 4 is 23.1 Å². The largest absolute Gasteiger partial charge is 0.497 e. The lowest BCUT2D eigenvalue weighted by Crippen LogP contribution is -2.40. The van der Waals surface area contributed by atoms with Gasteiger partial charge in [-0.2, -0.15) is 4.57 Å². The molecular weight excluding hydrogens is 366 g/mol. The van der Waals surface area contributed by atoms with Crippen LogP contribution in [0.1, 0.15) is 5.56 Å². The molecule has 7 nitrogen and oxygen atoms in total. The molecule has 2 heterocycles. The van der Waals surface area contributed by atoms with E-state index in [9.17, 15) is 4.79 Å². The van der Waals surface area contributed by atoms with Crippen molar-refractivity contribution in [2.24, 2.45) is 5.73 Å². The van der Waals surface area contributed by atoms with Gasteiger partial charge >= 0.3 is 0 Å². The predicted molar refractivity (Wildman–Crippen MR) is 111 cm³/mol. The Hall–Kier alpha value is -3.87. The van der Waals surface area contributed by atoms with Crippen LogP contribution in [0, 0.1) is 6.92 Å². The Kier molecular flexibility index (Phi) is 4.87. The van der Waals surface area contributed by atoms with Crippen molar-refractivity contribution in [3.63, 3.8) is 0 Å². The van der Waals surface area contributed by atoms with Crippen LogP contribution in [0.2, 0.25) is 0 Å². The molecular formula is C22H22N5O2+. The second-order valence-corrected chi connectivity index (χ2v) is 6.77. The number of nitrogens with one attached hydrogen (secondary N) is 1. The molecule has 29 heavy (non-hydrogen) atoms. The van der Waals surface area contributed by atoms with E-state index in [2.05, 4.69) is 18.3 Å². The number of hydrogen-bond acceptors (Lipinski definition) is 4. The van der Waals surface area contributed by atoms with Crippen LogP contribution in [-0.2, 0) is 11.3 Å². The van der Waals surface area contributed by atoms with Gasteiger partial charge in [-0.25, -0.2) is 4.98 Å². The highest BCUT2D eigenvalue weighted by molar-refractivity contribution is 5.80. The summed E-state index contributed by atoms with van der Waals surface area (Å²) in [6.07, 6.45) is 5.49. The Bertz CT molecular complexity index is 1180. The number of primary amides is 1. The van der Waals surface area contributed by atoms with Crippen LogP contribution < -0.4 is 20.4 Å². The fourth-order valence-electron chi connectivity index (χ4n) is 3.22. The van der Waals surface area contributed by atoms with E-state index in [1.54, 1.807) is 24.1 Å². The third-order valence-electron chi connectivity index (χ3n) is 4.73. The first-order valence-electron chi connectivity index (χ1n) is 9.21. The summed E-state index contributed by atoms with van der Waals surface area (Å²) in [5.74, 6) is 1.22. The van der Waals surface area contributed by atoms with Gasteiger partial charge in [0.1, 0.15) is 17.3 Å². The highest BCUT2D eigenvalue weighted by Crippen LogP contribution is 2.32. The van der Waals surface area contributed by atoms with E-state index in [0.717, 1.165) is 34.1 Å². The van der Waals surface area contributed by atoms with E-state index < -0.39 is 5.91 Å². The number of nitrogens with zero attached hydrogens (tertiary/aromatic N) is 3. The van der Waals surface area contributed by atoms with E-state index in [4.69, 9.17) is 15.5 Å². The molecule has 0 atom stereocenters. The van der Waals surface area contributed by atoms with Crippen molar-refractivity contribution in [2.75, 3.05) is 12.4 Å². The molecule has 4 aromatic rings. The van der Waals surface area contributed by atoms with Gasteiger partial charge in [-0.15, -0.1) is 0 Å². The molecule has 0 bridgehead atoms. The molecule has 0 fully saturated rings. The van der Waals surface area contributed by atoms with Crippen molar-refractivity contribution in [1.29, 1.82) is 0 Å². The number of carbonyl (C=O) groups is 1. The molecule has 4 rings (SSSR count). The number of aromatic nitrogens is 3. The van der Waals surface area contributed by atoms with Crippen LogP contribution in [0.5, 0.6) is 5.75 Å². The summed E-state index contributed by atoms with van der Waals surface area (Å²) in [4.78, 5) is 16.1. The molecule has 7 heteroatoms. The van der Waals surface area contributed by atoms with Gasteiger partial charge in [-0.1, -0.05) is 18.2 Å².